The van der Waals surface area contributed by atoms with Crippen molar-refractivity contribution in [2.45, 2.75) is 39.3 Å². The van der Waals surface area contributed by atoms with Gasteiger partial charge in [0, 0.05) is 19.6 Å². The van der Waals surface area contributed by atoms with E-state index in [1.807, 2.05) is 27.7 Å². The van der Waals surface area contributed by atoms with E-state index in [2.05, 4.69) is 4.74 Å². The highest BCUT2D eigenvalue weighted by atomic mass is 16.6. The topological polar surface area (TPSA) is 59.1 Å². The van der Waals surface area contributed by atoms with E-state index in [4.69, 9.17) is 4.74 Å². The van der Waals surface area contributed by atoms with Crippen molar-refractivity contribution in [2.75, 3.05) is 26.7 Å². The molecule has 0 aromatic carbocycles. The van der Waals surface area contributed by atoms with Crippen LogP contribution in [-0.2, 0) is 9.47 Å². The third-order valence-electron chi connectivity index (χ3n) is 2.69. The summed E-state index contributed by atoms with van der Waals surface area (Å²) >= 11 is 0. The Balaban J connectivity index is 2.55. The van der Waals surface area contributed by atoms with Crippen LogP contribution in [0.5, 0.6) is 0 Å². The zero-order chi connectivity index (χ0) is 13.9. The number of hydrogen-bond acceptors (Lipinski definition) is 4. The summed E-state index contributed by atoms with van der Waals surface area (Å²) in [5, 5.41) is 0. The van der Waals surface area contributed by atoms with E-state index in [0.29, 0.717) is 19.6 Å². The normalized spacial score (nSPS) is 20.6. The third-order valence-corrected chi connectivity index (χ3v) is 2.69. The lowest BCUT2D eigenvalue weighted by Gasteiger charge is -2.39. The van der Waals surface area contributed by atoms with Crippen molar-refractivity contribution in [3.8, 4) is 0 Å². The largest absolute Gasteiger partial charge is 0.453 e. The minimum atomic E-state index is -0.500. The lowest BCUT2D eigenvalue weighted by atomic mass is 10.2. The second kappa shape index (κ2) is 5.46. The summed E-state index contributed by atoms with van der Waals surface area (Å²) in [4.78, 5) is 26.6. The fourth-order valence-electron chi connectivity index (χ4n) is 1.84. The molecule has 1 aliphatic rings. The van der Waals surface area contributed by atoms with Crippen molar-refractivity contribution < 1.29 is 19.1 Å². The number of ether oxygens (including phenoxy) is 2. The molecule has 0 aromatic heterocycles. The standard InChI is InChI=1S/C12H22N2O4/c1-9-8-13(10(15)18-12(2,3)4)6-7-14(9)11(16)17-5/h9H,6-8H2,1-5H3. The quantitative estimate of drug-likeness (QED) is 0.663. The highest BCUT2D eigenvalue weighted by Gasteiger charge is 2.32. The van der Waals surface area contributed by atoms with E-state index < -0.39 is 5.60 Å². The van der Waals surface area contributed by atoms with Gasteiger partial charge >= 0.3 is 12.2 Å². The van der Waals surface area contributed by atoms with Crippen LogP contribution in [0.2, 0.25) is 0 Å². The van der Waals surface area contributed by atoms with E-state index in [1.165, 1.54) is 7.11 Å². The second-order valence-electron chi connectivity index (χ2n) is 5.44. The minimum Gasteiger partial charge on any atom is -0.453 e. The smallest absolute Gasteiger partial charge is 0.410 e. The van der Waals surface area contributed by atoms with Crippen LogP contribution in [0.3, 0.4) is 0 Å². The van der Waals surface area contributed by atoms with Crippen LogP contribution in [-0.4, -0.2) is 60.4 Å². The van der Waals surface area contributed by atoms with Crippen molar-refractivity contribution in [2.24, 2.45) is 0 Å². The molecule has 1 fully saturated rings. The maximum Gasteiger partial charge on any atom is 0.410 e. The number of nitrogens with zero attached hydrogens (tertiary/aromatic N) is 2. The maximum atomic E-state index is 11.9. The molecule has 1 heterocycles. The molecule has 0 aliphatic carbocycles. The molecule has 0 radical (unpaired) electrons. The summed E-state index contributed by atoms with van der Waals surface area (Å²) in [5.74, 6) is 0. The number of carbonyl (C=O) groups is 2. The highest BCUT2D eigenvalue weighted by molar-refractivity contribution is 5.70. The van der Waals surface area contributed by atoms with Crippen molar-refractivity contribution in [3.63, 3.8) is 0 Å². The predicted molar refractivity (Wildman–Crippen MR) is 66.4 cm³/mol. The molecular weight excluding hydrogens is 236 g/mol. The van der Waals surface area contributed by atoms with Crippen LogP contribution in [0, 0.1) is 0 Å². The molecule has 6 nitrogen and oxygen atoms in total. The molecule has 1 aliphatic heterocycles. The monoisotopic (exact) mass is 258 g/mol. The van der Waals surface area contributed by atoms with Gasteiger partial charge in [0.05, 0.1) is 13.2 Å². The zero-order valence-electron chi connectivity index (χ0n) is 11.7. The number of piperazine rings is 1. The lowest BCUT2D eigenvalue weighted by Crippen LogP contribution is -2.56. The molecule has 0 aromatic rings. The SMILES string of the molecule is COC(=O)N1CCN(C(=O)OC(C)(C)C)CC1C. The van der Waals surface area contributed by atoms with Crippen molar-refractivity contribution >= 4 is 12.2 Å². The molecule has 2 amide bonds. The number of carbonyl (C=O) groups excluding carboxylic acids is 2. The van der Waals surface area contributed by atoms with Gasteiger partial charge in [-0.15, -0.1) is 0 Å². The first-order valence-corrected chi connectivity index (χ1v) is 6.07. The van der Waals surface area contributed by atoms with E-state index in [9.17, 15) is 9.59 Å². The van der Waals surface area contributed by atoms with Gasteiger partial charge in [-0.25, -0.2) is 9.59 Å². The third kappa shape index (κ3) is 3.78. The fourth-order valence-corrected chi connectivity index (χ4v) is 1.84. The molecule has 6 heteroatoms. The maximum absolute atomic E-state index is 11.9. The Morgan fingerprint density at radius 1 is 1.17 bits per heavy atom. The van der Waals surface area contributed by atoms with E-state index in [-0.39, 0.29) is 18.2 Å². The molecule has 1 saturated heterocycles. The Hall–Kier alpha value is -1.46. The predicted octanol–water partition coefficient (Wildman–Crippen LogP) is 1.69. The van der Waals surface area contributed by atoms with Gasteiger partial charge in [0.25, 0.3) is 0 Å². The van der Waals surface area contributed by atoms with Crippen LogP contribution >= 0.6 is 0 Å². The lowest BCUT2D eigenvalue weighted by molar-refractivity contribution is 0.00579. The van der Waals surface area contributed by atoms with Gasteiger partial charge in [-0.2, -0.15) is 0 Å². The Kier molecular flexibility index (Phi) is 4.43. The van der Waals surface area contributed by atoms with Crippen LogP contribution in [0.1, 0.15) is 27.7 Å². The van der Waals surface area contributed by atoms with E-state index in [1.54, 1.807) is 9.80 Å². The second-order valence-corrected chi connectivity index (χ2v) is 5.44. The van der Waals surface area contributed by atoms with Gasteiger partial charge in [0.15, 0.2) is 0 Å². The molecule has 0 N–H and O–H groups in total. The van der Waals surface area contributed by atoms with Gasteiger partial charge < -0.3 is 19.3 Å². The summed E-state index contributed by atoms with van der Waals surface area (Å²) in [6, 6.07) is -0.0706. The molecule has 1 rings (SSSR count). The molecule has 104 valence electrons. The summed E-state index contributed by atoms with van der Waals surface area (Å²) in [6.45, 7) is 8.77. The first-order valence-electron chi connectivity index (χ1n) is 6.07. The van der Waals surface area contributed by atoms with E-state index in [0.717, 1.165) is 0 Å². The number of rotatable bonds is 0. The van der Waals surface area contributed by atoms with E-state index >= 15 is 0 Å². The van der Waals surface area contributed by atoms with Crippen molar-refractivity contribution in [1.29, 1.82) is 0 Å². The average Bonchev–Trinajstić information content (AvgIpc) is 2.25. The summed E-state index contributed by atoms with van der Waals surface area (Å²) in [7, 11) is 1.36. The average molecular weight is 258 g/mol. The van der Waals surface area contributed by atoms with Gasteiger partial charge in [-0.05, 0) is 27.7 Å². The summed E-state index contributed by atoms with van der Waals surface area (Å²) < 4.78 is 9.99. The van der Waals surface area contributed by atoms with Gasteiger partial charge in [-0.3, -0.25) is 0 Å². The van der Waals surface area contributed by atoms with Gasteiger partial charge in [0.2, 0.25) is 0 Å². The molecule has 1 unspecified atom stereocenters. The first-order chi connectivity index (χ1) is 8.24. The van der Waals surface area contributed by atoms with Gasteiger partial charge in [0.1, 0.15) is 5.60 Å². The molecule has 0 saturated carbocycles. The number of amides is 2. The minimum absolute atomic E-state index is 0.0706. The van der Waals surface area contributed by atoms with Crippen LogP contribution in [0.25, 0.3) is 0 Å². The van der Waals surface area contributed by atoms with Crippen LogP contribution in [0.15, 0.2) is 0 Å². The Morgan fingerprint density at radius 2 is 1.78 bits per heavy atom. The molecule has 0 bridgehead atoms. The molecular formula is C12H22N2O4. The first kappa shape index (κ1) is 14.6. The summed E-state index contributed by atoms with van der Waals surface area (Å²) in [6.07, 6.45) is -0.690. The molecule has 1 atom stereocenters. The number of hydrogen-bond donors (Lipinski definition) is 0. The Labute approximate surface area is 108 Å². The van der Waals surface area contributed by atoms with Gasteiger partial charge in [-0.1, -0.05) is 0 Å². The van der Waals surface area contributed by atoms with Crippen molar-refractivity contribution in [1.82, 2.24) is 9.80 Å². The molecule has 0 spiro atoms. The van der Waals surface area contributed by atoms with Crippen LogP contribution in [0.4, 0.5) is 9.59 Å². The Morgan fingerprint density at radius 3 is 2.22 bits per heavy atom. The zero-order valence-corrected chi connectivity index (χ0v) is 11.7. The fraction of sp³-hybridized carbons (Fsp3) is 0.833. The number of methoxy groups -OCH3 is 1. The molecule has 18 heavy (non-hydrogen) atoms. The Bertz CT molecular complexity index is 325. The summed E-state index contributed by atoms with van der Waals surface area (Å²) in [5.41, 5.74) is -0.500. The van der Waals surface area contributed by atoms with Crippen LogP contribution < -0.4 is 0 Å². The highest BCUT2D eigenvalue weighted by Crippen LogP contribution is 2.15. The van der Waals surface area contributed by atoms with Crippen molar-refractivity contribution in [3.05, 3.63) is 0 Å².